The Bertz CT molecular complexity index is 818. The van der Waals surface area contributed by atoms with E-state index >= 15 is 0 Å². The first kappa shape index (κ1) is 23.3. The zero-order chi connectivity index (χ0) is 22.1. The molecule has 0 bridgehead atoms. The van der Waals surface area contributed by atoms with Gasteiger partial charge in [-0.3, -0.25) is 9.59 Å². The van der Waals surface area contributed by atoms with Gasteiger partial charge in [0.1, 0.15) is 17.5 Å². The summed E-state index contributed by atoms with van der Waals surface area (Å²) in [6.45, 7) is 7.89. The number of nitrogens with zero attached hydrogens (tertiary/aromatic N) is 1. The third-order valence-corrected chi connectivity index (χ3v) is 5.06. The fourth-order valence-electron chi connectivity index (χ4n) is 2.84. The molecule has 2 amide bonds. The lowest BCUT2D eigenvalue weighted by Crippen LogP contribution is -2.50. The fourth-order valence-corrected chi connectivity index (χ4v) is 2.84. The topological polar surface area (TPSA) is 67.9 Å². The van der Waals surface area contributed by atoms with Gasteiger partial charge in [-0.25, -0.2) is 0 Å². The Morgan fingerprint density at radius 3 is 2.17 bits per heavy atom. The van der Waals surface area contributed by atoms with Crippen LogP contribution in [-0.2, 0) is 16.1 Å². The number of hydrogen-bond acceptors (Lipinski definition) is 4. The predicted molar refractivity (Wildman–Crippen MR) is 118 cm³/mol. The van der Waals surface area contributed by atoms with Gasteiger partial charge in [-0.1, -0.05) is 36.8 Å². The van der Waals surface area contributed by atoms with Crippen molar-refractivity contribution in [3.8, 4) is 11.5 Å². The average molecular weight is 413 g/mol. The molecule has 0 heterocycles. The zero-order valence-electron chi connectivity index (χ0n) is 18.5. The number of aryl methyl sites for hydroxylation is 1. The predicted octanol–water partition coefficient (Wildman–Crippen LogP) is 3.71. The average Bonchev–Trinajstić information content (AvgIpc) is 2.76. The molecule has 0 radical (unpaired) electrons. The second-order valence-corrected chi connectivity index (χ2v) is 7.47. The minimum Gasteiger partial charge on any atom is -0.497 e. The van der Waals surface area contributed by atoms with Crippen molar-refractivity contribution in [3.63, 3.8) is 0 Å². The van der Waals surface area contributed by atoms with Crippen LogP contribution in [0.3, 0.4) is 0 Å². The minimum atomic E-state index is -0.618. The van der Waals surface area contributed by atoms with E-state index in [-0.39, 0.29) is 24.5 Å². The molecule has 2 atom stereocenters. The van der Waals surface area contributed by atoms with Crippen molar-refractivity contribution in [3.05, 3.63) is 59.7 Å². The number of nitrogens with one attached hydrogen (secondary N) is 1. The van der Waals surface area contributed by atoms with E-state index < -0.39 is 6.04 Å². The Hall–Kier alpha value is -3.02. The maximum atomic E-state index is 13.0. The number of carbonyl (C=O) groups is 2. The lowest BCUT2D eigenvalue weighted by molar-refractivity contribution is -0.142. The molecule has 2 aromatic rings. The van der Waals surface area contributed by atoms with Crippen molar-refractivity contribution >= 4 is 11.8 Å². The van der Waals surface area contributed by atoms with E-state index in [9.17, 15) is 9.59 Å². The van der Waals surface area contributed by atoms with Crippen LogP contribution in [0, 0.1) is 6.92 Å². The molecule has 6 heteroatoms. The SMILES string of the molecule is CC[C@H](C)NC(=O)[C@@H](C)N(Cc1ccc(C)cc1)C(=O)COc1ccc(OC)cc1. The fraction of sp³-hybridized carbons (Fsp3) is 0.417. The maximum Gasteiger partial charge on any atom is 0.261 e. The van der Waals surface area contributed by atoms with Crippen LogP contribution in [0.15, 0.2) is 48.5 Å². The van der Waals surface area contributed by atoms with Crippen LogP contribution in [0.2, 0.25) is 0 Å². The normalized spacial score (nSPS) is 12.6. The van der Waals surface area contributed by atoms with Crippen LogP contribution in [0.5, 0.6) is 11.5 Å². The first-order chi connectivity index (χ1) is 14.3. The van der Waals surface area contributed by atoms with Crippen molar-refractivity contribution in [1.29, 1.82) is 0 Å². The van der Waals surface area contributed by atoms with E-state index in [4.69, 9.17) is 9.47 Å². The third-order valence-electron chi connectivity index (χ3n) is 5.06. The highest BCUT2D eigenvalue weighted by atomic mass is 16.5. The molecule has 0 spiro atoms. The van der Waals surface area contributed by atoms with Crippen LogP contribution in [0.4, 0.5) is 0 Å². The Morgan fingerprint density at radius 2 is 1.60 bits per heavy atom. The van der Waals surface area contributed by atoms with E-state index in [1.165, 1.54) is 0 Å². The first-order valence-corrected chi connectivity index (χ1v) is 10.3. The largest absolute Gasteiger partial charge is 0.497 e. The Kier molecular flexibility index (Phi) is 8.71. The number of carbonyl (C=O) groups excluding carboxylic acids is 2. The molecule has 0 unspecified atom stereocenters. The Labute approximate surface area is 179 Å². The second kappa shape index (κ2) is 11.2. The monoisotopic (exact) mass is 412 g/mol. The Balaban J connectivity index is 2.12. The summed E-state index contributed by atoms with van der Waals surface area (Å²) >= 11 is 0. The molecule has 0 aliphatic heterocycles. The quantitative estimate of drug-likeness (QED) is 0.646. The molecule has 0 saturated heterocycles. The van der Waals surface area contributed by atoms with Gasteiger partial charge in [0.05, 0.1) is 7.11 Å². The van der Waals surface area contributed by atoms with Gasteiger partial charge < -0.3 is 19.7 Å². The lowest BCUT2D eigenvalue weighted by atomic mass is 10.1. The maximum absolute atomic E-state index is 13.0. The summed E-state index contributed by atoms with van der Waals surface area (Å²) in [5.74, 6) is 0.855. The zero-order valence-corrected chi connectivity index (χ0v) is 18.5. The highest BCUT2D eigenvalue weighted by Gasteiger charge is 2.27. The minimum absolute atomic E-state index is 0.0480. The summed E-state index contributed by atoms with van der Waals surface area (Å²) in [7, 11) is 1.59. The van der Waals surface area contributed by atoms with Crippen molar-refractivity contribution < 1.29 is 19.1 Å². The van der Waals surface area contributed by atoms with E-state index in [1.807, 2.05) is 45.0 Å². The van der Waals surface area contributed by atoms with Gasteiger partial charge >= 0.3 is 0 Å². The van der Waals surface area contributed by atoms with Gasteiger partial charge in [0.2, 0.25) is 5.91 Å². The van der Waals surface area contributed by atoms with Crippen LogP contribution >= 0.6 is 0 Å². The van der Waals surface area contributed by atoms with Crippen molar-refractivity contribution in [2.24, 2.45) is 0 Å². The highest BCUT2D eigenvalue weighted by Crippen LogP contribution is 2.18. The van der Waals surface area contributed by atoms with Gasteiger partial charge in [-0.2, -0.15) is 0 Å². The first-order valence-electron chi connectivity index (χ1n) is 10.3. The smallest absolute Gasteiger partial charge is 0.261 e. The summed E-state index contributed by atoms with van der Waals surface area (Å²) in [5, 5.41) is 2.96. The molecule has 0 saturated carbocycles. The number of amides is 2. The number of benzene rings is 2. The summed E-state index contributed by atoms with van der Waals surface area (Å²) < 4.78 is 10.8. The number of ether oxygens (including phenoxy) is 2. The van der Waals surface area contributed by atoms with Gasteiger partial charge in [0.15, 0.2) is 6.61 Å². The molecule has 1 N–H and O–H groups in total. The summed E-state index contributed by atoms with van der Waals surface area (Å²) in [6, 6.07) is 14.4. The highest BCUT2D eigenvalue weighted by molar-refractivity contribution is 5.88. The molecule has 0 fully saturated rings. The molecule has 0 aliphatic carbocycles. The molecule has 6 nitrogen and oxygen atoms in total. The van der Waals surface area contributed by atoms with Gasteiger partial charge in [0.25, 0.3) is 5.91 Å². The van der Waals surface area contributed by atoms with Gasteiger partial charge in [-0.15, -0.1) is 0 Å². The van der Waals surface area contributed by atoms with Crippen LogP contribution in [-0.4, -0.2) is 42.5 Å². The molecular weight excluding hydrogens is 380 g/mol. The second-order valence-electron chi connectivity index (χ2n) is 7.47. The van der Waals surface area contributed by atoms with Crippen LogP contribution in [0.1, 0.15) is 38.3 Å². The van der Waals surface area contributed by atoms with Crippen molar-refractivity contribution in [1.82, 2.24) is 10.2 Å². The van der Waals surface area contributed by atoms with E-state index in [2.05, 4.69) is 5.32 Å². The molecule has 2 rings (SSSR count). The van der Waals surface area contributed by atoms with Crippen molar-refractivity contribution in [2.45, 2.75) is 52.7 Å². The van der Waals surface area contributed by atoms with Crippen LogP contribution in [0.25, 0.3) is 0 Å². The Morgan fingerprint density at radius 1 is 1.00 bits per heavy atom. The van der Waals surface area contributed by atoms with Crippen molar-refractivity contribution in [2.75, 3.05) is 13.7 Å². The number of hydrogen-bond donors (Lipinski definition) is 1. The third kappa shape index (κ3) is 6.79. The van der Waals surface area contributed by atoms with E-state index in [1.54, 1.807) is 43.2 Å². The molecule has 162 valence electrons. The molecule has 30 heavy (non-hydrogen) atoms. The number of rotatable bonds is 10. The summed E-state index contributed by atoms with van der Waals surface area (Å²) in [4.78, 5) is 27.3. The van der Waals surface area contributed by atoms with Crippen LogP contribution < -0.4 is 14.8 Å². The van der Waals surface area contributed by atoms with Gasteiger partial charge in [-0.05, 0) is 57.0 Å². The lowest BCUT2D eigenvalue weighted by Gasteiger charge is -2.29. The summed E-state index contributed by atoms with van der Waals surface area (Å²) in [6.07, 6.45) is 0.824. The molecule has 0 aromatic heterocycles. The van der Waals surface area contributed by atoms with Gasteiger partial charge in [0, 0.05) is 12.6 Å². The van der Waals surface area contributed by atoms with E-state index in [0.717, 1.165) is 17.5 Å². The molecule has 2 aromatic carbocycles. The molecular formula is C24H32N2O4. The van der Waals surface area contributed by atoms with E-state index in [0.29, 0.717) is 18.0 Å². The number of methoxy groups -OCH3 is 1. The summed E-state index contributed by atoms with van der Waals surface area (Å²) in [5.41, 5.74) is 2.10. The molecule has 0 aliphatic rings. The standard InChI is InChI=1S/C24H32N2O4/c1-6-18(3)25-24(28)19(4)26(15-20-9-7-17(2)8-10-20)23(27)16-30-22-13-11-21(29-5)12-14-22/h7-14,18-19H,6,15-16H2,1-5H3,(H,25,28)/t18-,19+/m0/s1.